The van der Waals surface area contributed by atoms with Crippen LogP contribution in [0.4, 0.5) is 0 Å². The molecule has 0 aromatic carbocycles. The summed E-state index contributed by atoms with van der Waals surface area (Å²) >= 11 is 0. The molecule has 2 N–H and O–H groups in total. The summed E-state index contributed by atoms with van der Waals surface area (Å²) in [6.45, 7) is 5.63. The van der Waals surface area contributed by atoms with Crippen molar-refractivity contribution < 1.29 is 0 Å². The highest BCUT2D eigenvalue weighted by Crippen LogP contribution is 2.39. The van der Waals surface area contributed by atoms with E-state index in [4.69, 9.17) is 5.73 Å². The largest absolute Gasteiger partial charge is 0.331 e. The van der Waals surface area contributed by atoms with Gasteiger partial charge in [0, 0.05) is 24.3 Å². The Bertz CT molecular complexity index is 422. The summed E-state index contributed by atoms with van der Waals surface area (Å²) in [5, 5.41) is 0. The Labute approximate surface area is 116 Å². The average Bonchev–Trinajstić information content (AvgIpc) is 3.12. The van der Waals surface area contributed by atoms with Crippen LogP contribution in [0.25, 0.3) is 0 Å². The SMILES string of the molecule is CC(C)n1cncc1C1C(N)CCCCN1C1CC1. The van der Waals surface area contributed by atoms with Crippen molar-refractivity contribution in [2.45, 2.75) is 70.1 Å². The number of likely N-dealkylation sites (tertiary alicyclic amines) is 1. The van der Waals surface area contributed by atoms with E-state index >= 15 is 0 Å². The lowest BCUT2D eigenvalue weighted by Crippen LogP contribution is -2.42. The summed E-state index contributed by atoms with van der Waals surface area (Å²) in [7, 11) is 0. The van der Waals surface area contributed by atoms with E-state index in [0.29, 0.717) is 12.1 Å². The van der Waals surface area contributed by atoms with Gasteiger partial charge in [-0.1, -0.05) is 6.42 Å². The number of aromatic nitrogens is 2. The first-order valence-corrected chi connectivity index (χ1v) is 7.71. The minimum atomic E-state index is 0.248. The first-order valence-electron chi connectivity index (χ1n) is 7.71. The Morgan fingerprint density at radius 1 is 1.26 bits per heavy atom. The van der Waals surface area contributed by atoms with Gasteiger partial charge in [0.15, 0.2) is 0 Å². The van der Waals surface area contributed by atoms with E-state index in [0.717, 1.165) is 12.5 Å². The van der Waals surface area contributed by atoms with Crippen LogP contribution in [0.3, 0.4) is 0 Å². The van der Waals surface area contributed by atoms with Gasteiger partial charge in [0.25, 0.3) is 0 Å². The van der Waals surface area contributed by atoms with Gasteiger partial charge in [-0.15, -0.1) is 0 Å². The number of hydrogen-bond donors (Lipinski definition) is 1. The Morgan fingerprint density at radius 2 is 2.05 bits per heavy atom. The van der Waals surface area contributed by atoms with Crippen molar-refractivity contribution in [3.05, 3.63) is 18.2 Å². The standard InChI is InChI=1S/C15H26N4/c1-11(2)19-10-17-9-14(19)15-13(16)5-3-4-8-18(15)12-6-7-12/h9-13,15H,3-8,16H2,1-2H3. The van der Waals surface area contributed by atoms with Gasteiger partial charge >= 0.3 is 0 Å². The van der Waals surface area contributed by atoms with Crippen molar-refractivity contribution in [2.75, 3.05) is 6.54 Å². The second kappa shape index (κ2) is 5.25. The molecule has 4 heteroatoms. The second-order valence-corrected chi connectivity index (χ2v) is 6.39. The number of nitrogens with two attached hydrogens (primary N) is 1. The molecule has 19 heavy (non-hydrogen) atoms. The molecule has 1 saturated carbocycles. The van der Waals surface area contributed by atoms with Crippen molar-refractivity contribution in [3.63, 3.8) is 0 Å². The molecule has 1 aromatic rings. The van der Waals surface area contributed by atoms with Crippen molar-refractivity contribution in [1.29, 1.82) is 0 Å². The van der Waals surface area contributed by atoms with Gasteiger partial charge in [-0.2, -0.15) is 0 Å². The maximum atomic E-state index is 6.51. The normalized spacial score (nSPS) is 29.7. The maximum Gasteiger partial charge on any atom is 0.0951 e. The van der Waals surface area contributed by atoms with E-state index < -0.39 is 0 Å². The van der Waals surface area contributed by atoms with E-state index in [9.17, 15) is 0 Å². The van der Waals surface area contributed by atoms with E-state index in [1.807, 2.05) is 12.5 Å². The molecule has 1 aliphatic heterocycles. The van der Waals surface area contributed by atoms with Crippen LogP contribution in [-0.4, -0.2) is 33.1 Å². The minimum Gasteiger partial charge on any atom is -0.331 e. The summed E-state index contributed by atoms with van der Waals surface area (Å²) in [6.07, 6.45) is 10.4. The molecule has 1 saturated heterocycles. The molecule has 2 unspecified atom stereocenters. The highest BCUT2D eigenvalue weighted by molar-refractivity contribution is 5.12. The smallest absolute Gasteiger partial charge is 0.0951 e. The fourth-order valence-corrected chi connectivity index (χ4v) is 3.40. The Hall–Kier alpha value is -0.870. The number of nitrogens with zero attached hydrogens (tertiary/aromatic N) is 3. The quantitative estimate of drug-likeness (QED) is 0.910. The Morgan fingerprint density at radius 3 is 2.74 bits per heavy atom. The van der Waals surface area contributed by atoms with Gasteiger partial charge in [0.05, 0.1) is 18.1 Å². The molecule has 106 valence electrons. The summed E-state index contributed by atoms with van der Waals surface area (Å²) in [5.41, 5.74) is 7.83. The molecule has 2 heterocycles. The molecular formula is C15H26N4. The van der Waals surface area contributed by atoms with Crippen molar-refractivity contribution in [1.82, 2.24) is 14.5 Å². The molecule has 2 aliphatic rings. The lowest BCUT2D eigenvalue weighted by atomic mass is 10.0. The van der Waals surface area contributed by atoms with Crippen LogP contribution in [0.2, 0.25) is 0 Å². The predicted octanol–water partition coefficient (Wildman–Crippen LogP) is 2.48. The zero-order valence-corrected chi connectivity index (χ0v) is 12.1. The molecule has 0 spiro atoms. The highest BCUT2D eigenvalue weighted by atomic mass is 15.3. The number of imidazole rings is 1. The summed E-state index contributed by atoms with van der Waals surface area (Å²) < 4.78 is 2.30. The van der Waals surface area contributed by atoms with Crippen LogP contribution in [0.15, 0.2) is 12.5 Å². The summed E-state index contributed by atoms with van der Waals surface area (Å²) in [4.78, 5) is 7.04. The third-order valence-corrected chi connectivity index (χ3v) is 4.54. The van der Waals surface area contributed by atoms with E-state index in [1.54, 1.807) is 0 Å². The van der Waals surface area contributed by atoms with E-state index in [1.165, 1.54) is 37.9 Å². The fourth-order valence-electron chi connectivity index (χ4n) is 3.40. The molecule has 0 bridgehead atoms. The Balaban J connectivity index is 1.94. The van der Waals surface area contributed by atoms with E-state index in [-0.39, 0.29) is 6.04 Å². The second-order valence-electron chi connectivity index (χ2n) is 6.39. The first kappa shape index (κ1) is 13.1. The lowest BCUT2D eigenvalue weighted by molar-refractivity contribution is 0.167. The van der Waals surface area contributed by atoms with Crippen LogP contribution < -0.4 is 5.73 Å². The molecule has 0 radical (unpaired) electrons. The fraction of sp³-hybridized carbons (Fsp3) is 0.800. The third-order valence-electron chi connectivity index (χ3n) is 4.54. The third kappa shape index (κ3) is 2.56. The first-order chi connectivity index (χ1) is 9.18. The zero-order valence-electron chi connectivity index (χ0n) is 12.1. The predicted molar refractivity (Wildman–Crippen MR) is 76.9 cm³/mol. The van der Waals surface area contributed by atoms with Gasteiger partial charge in [-0.25, -0.2) is 4.98 Å². The average molecular weight is 262 g/mol. The maximum absolute atomic E-state index is 6.51. The molecule has 2 atom stereocenters. The van der Waals surface area contributed by atoms with Gasteiger partial charge in [0.1, 0.15) is 0 Å². The molecule has 4 nitrogen and oxygen atoms in total. The topological polar surface area (TPSA) is 47.1 Å². The summed E-state index contributed by atoms with van der Waals surface area (Å²) in [5.74, 6) is 0. The van der Waals surface area contributed by atoms with Crippen LogP contribution in [0, 0.1) is 0 Å². The summed E-state index contributed by atoms with van der Waals surface area (Å²) in [6, 6.07) is 1.83. The van der Waals surface area contributed by atoms with Gasteiger partial charge in [-0.05, 0) is 46.1 Å². The van der Waals surface area contributed by atoms with Crippen LogP contribution in [0.5, 0.6) is 0 Å². The molecule has 3 rings (SSSR count). The van der Waals surface area contributed by atoms with Crippen molar-refractivity contribution >= 4 is 0 Å². The number of rotatable bonds is 3. The van der Waals surface area contributed by atoms with Crippen LogP contribution >= 0.6 is 0 Å². The van der Waals surface area contributed by atoms with E-state index in [2.05, 4.69) is 28.3 Å². The van der Waals surface area contributed by atoms with Crippen LogP contribution in [-0.2, 0) is 0 Å². The lowest BCUT2D eigenvalue weighted by Gasteiger charge is -2.34. The van der Waals surface area contributed by atoms with Gasteiger partial charge < -0.3 is 10.3 Å². The molecule has 1 aromatic heterocycles. The zero-order chi connectivity index (χ0) is 13.4. The van der Waals surface area contributed by atoms with Crippen molar-refractivity contribution in [3.8, 4) is 0 Å². The highest BCUT2D eigenvalue weighted by Gasteiger charge is 2.39. The van der Waals surface area contributed by atoms with Gasteiger partial charge in [-0.3, -0.25) is 4.90 Å². The van der Waals surface area contributed by atoms with Crippen molar-refractivity contribution in [2.24, 2.45) is 5.73 Å². The van der Waals surface area contributed by atoms with Gasteiger partial charge in [0.2, 0.25) is 0 Å². The molecular weight excluding hydrogens is 236 g/mol. The molecule has 2 fully saturated rings. The molecule has 1 aliphatic carbocycles. The van der Waals surface area contributed by atoms with Crippen LogP contribution in [0.1, 0.15) is 63.7 Å². The Kier molecular flexibility index (Phi) is 3.63. The molecule has 0 amide bonds. The number of hydrogen-bond acceptors (Lipinski definition) is 3. The monoisotopic (exact) mass is 262 g/mol. The minimum absolute atomic E-state index is 0.248.